The van der Waals surface area contributed by atoms with Gasteiger partial charge in [-0.05, 0) is 41.8 Å². The lowest BCUT2D eigenvalue weighted by atomic mass is 10.1. The van der Waals surface area contributed by atoms with Gasteiger partial charge in [0.1, 0.15) is 18.9 Å². The molecule has 1 saturated heterocycles. The Morgan fingerprint density at radius 1 is 0.872 bits per heavy atom. The Hall–Kier alpha value is -4.36. The lowest BCUT2D eigenvalue weighted by Gasteiger charge is -2.18. The second-order valence-corrected chi connectivity index (χ2v) is 10.0. The van der Waals surface area contributed by atoms with Crippen LogP contribution in [0.4, 0.5) is 5.69 Å². The molecule has 1 fully saturated rings. The van der Waals surface area contributed by atoms with Crippen molar-refractivity contribution < 1.29 is 14.6 Å². The van der Waals surface area contributed by atoms with Crippen molar-refractivity contribution in [3.8, 4) is 23.0 Å². The summed E-state index contributed by atoms with van der Waals surface area (Å²) < 4.78 is 14.2. The number of anilines is 1. The second-order valence-electron chi connectivity index (χ2n) is 10.0. The van der Waals surface area contributed by atoms with Crippen molar-refractivity contribution in [2.24, 2.45) is 13.0 Å². The summed E-state index contributed by atoms with van der Waals surface area (Å²) in [7, 11) is 1.96. The van der Waals surface area contributed by atoms with Crippen LogP contribution in [0.15, 0.2) is 91.0 Å². The average molecular weight is 521 g/mol. The first kappa shape index (κ1) is 24.9. The molecule has 39 heavy (non-hydrogen) atoms. The molecular weight excluding hydrogens is 488 g/mol. The van der Waals surface area contributed by atoms with Crippen molar-refractivity contribution in [2.75, 3.05) is 24.6 Å². The van der Waals surface area contributed by atoms with Gasteiger partial charge in [0.15, 0.2) is 0 Å². The monoisotopic (exact) mass is 520 g/mol. The molecule has 5 aromatic rings. The topological polar surface area (TPSA) is 72.6 Å². The number of rotatable bonds is 9. The van der Waals surface area contributed by atoms with Crippen molar-refractivity contribution in [3.05, 3.63) is 102 Å². The number of ether oxygens (including phenoxy) is 2. The third kappa shape index (κ3) is 5.45. The van der Waals surface area contributed by atoms with Gasteiger partial charge in [0.2, 0.25) is 11.8 Å². The van der Waals surface area contributed by atoms with Crippen LogP contribution >= 0.6 is 0 Å². The molecule has 7 heteroatoms. The predicted octanol–water partition coefficient (Wildman–Crippen LogP) is 5.61. The van der Waals surface area contributed by atoms with E-state index in [1.165, 1.54) is 0 Å². The summed E-state index contributed by atoms with van der Waals surface area (Å²) in [6, 6.07) is 30.4. The van der Waals surface area contributed by atoms with E-state index in [0.29, 0.717) is 30.9 Å². The van der Waals surface area contributed by atoms with Gasteiger partial charge in [0.05, 0.1) is 11.1 Å². The minimum absolute atomic E-state index is 0.235. The third-order valence-corrected chi connectivity index (χ3v) is 7.28. The van der Waals surface area contributed by atoms with Crippen LogP contribution in [0.2, 0.25) is 0 Å². The van der Waals surface area contributed by atoms with Crippen LogP contribution in [0.25, 0.3) is 22.2 Å². The molecule has 0 bridgehead atoms. The largest absolute Gasteiger partial charge is 0.473 e. The number of nitrogens with zero attached hydrogens (tertiary/aromatic N) is 4. The van der Waals surface area contributed by atoms with Crippen LogP contribution in [-0.2, 0) is 20.3 Å². The van der Waals surface area contributed by atoms with Gasteiger partial charge in [-0.1, -0.05) is 60.7 Å². The van der Waals surface area contributed by atoms with Gasteiger partial charge in [-0.25, -0.2) is 0 Å². The summed E-state index contributed by atoms with van der Waals surface area (Å²) in [5.41, 5.74) is 5.95. The lowest BCUT2D eigenvalue weighted by Crippen LogP contribution is -2.20. The van der Waals surface area contributed by atoms with Crippen LogP contribution in [-0.4, -0.2) is 39.6 Å². The minimum Gasteiger partial charge on any atom is -0.473 e. The Morgan fingerprint density at radius 3 is 2.28 bits per heavy atom. The summed E-state index contributed by atoms with van der Waals surface area (Å²) in [4.78, 5) is 7.10. The molecule has 0 amide bonds. The highest BCUT2D eigenvalue weighted by molar-refractivity contribution is 5.96. The third-order valence-electron chi connectivity index (χ3n) is 7.28. The highest BCUT2D eigenvalue weighted by atomic mass is 16.5. The molecule has 6 rings (SSSR count). The van der Waals surface area contributed by atoms with Crippen LogP contribution in [0.1, 0.15) is 17.5 Å². The van der Waals surface area contributed by atoms with E-state index in [-0.39, 0.29) is 6.61 Å². The van der Waals surface area contributed by atoms with E-state index in [1.807, 2.05) is 84.5 Å². The molecular formula is C32H32N4O3. The molecule has 1 atom stereocenters. The first-order valence-electron chi connectivity index (χ1n) is 13.4. The van der Waals surface area contributed by atoms with E-state index < -0.39 is 0 Å². The van der Waals surface area contributed by atoms with Crippen molar-refractivity contribution >= 4 is 16.6 Å². The maximum absolute atomic E-state index is 9.56. The van der Waals surface area contributed by atoms with Gasteiger partial charge in [-0.15, -0.1) is 0 Å². The zero-order valence-corrected chi connectivity index (χ0v) is 22.0. The molecule has 0 spiro atoms. The van der Waals surface area contributed by atoms with Crippen LogP contribution in [0, 0.1) is 5.92 Å². The Balaban J connectivity index is 1.33. The minimum atomic E-state index is 0.235. The maximum Gasteiger partial charge on any atom is 0.226 e. The fourth-order valence-electron chi connectivity index (χ4n) is 5.11. The number of hydrogen-bond donors (Lipinski definition) is 1. The molecule has 7 nitrogen and oxygen atoms in total. The summed E-state index contributed by atoms with van der Waals surface area (Å²) in [6.45, 7) is 2.87. The van der Waals surface area contributed by atoms with Gasteiger partial charge in [-0.3, -0.25) is 4.68 Å². The average Bonchev–Trinajstić information content (AvgIpc) is 3.60. The molecule has 0 radical (unpaired) electrons. The fourth-order valence-corrected chi connectivity index (χ4v) is 5.11. The molecule has 0 saturated carbocycles. The zero-order valence-electron chi connectivity index (χ0n) is 22.0. The molecule has 3 aromatic carbocycles. The van der Waals surface area contributed by atoms with E-state index in [4.69, 9.17) is 19.6 Å². The highest BCUT2D eigenvalue weighted by Gasteiger charge is 2.23. The fraction of sp³-hybridized carbons (Fsp3) is 0.250. The van der Waals surface area contributed by atoms with E-state index in [1.54, 1.807) is 0 Å². The number of aryl methyl sites for hydroxylation is 1. The quantitative estimate of drug-likeness (QED) is 0.272. The Morgan fingerprint density at radius 2 is 1.59 bits per heavy atom. The van der Waals surface area contributed by atoms with Crippen molar-refractivity contribution in [2.45, 2.75) is 19.6 Å². The van der Waals surface area contributed by atoms with E-state index in [2.05, 4.69) is 23.1 Å². The predicted molar refractivity (Wildman–Crippen MR) is 153 cm³/mol. The number of aliphatic hydroxyl groups excluding tert-OH is 1. The Kier molecular flexibility index (Phi) is 7.15. The van der Waals surface area contributed by atoms with E-state index in [0.717, 1.165) is 58.5 Å². The van der Waals surface area contributed by atoms with Crippen molar-refractivity contribution in [1.29, 1.82) is 0 Å². The van der Waals surface area contributed by atoms with Crippen molar-refractivity contribution in [1.82, 2.24) is 14.8 Å². The van der Waals surface area contributed by atoms with E-state index >= 15 is 0 Å². The van der Waals surface area contributed by atoms with Crippen LogP contribution in [0.5, 0.6) is 11.8 Å². The standard InChI is InChI=1S/C32H32N4O3/c1-35-29-18-26(36-17-16-25(19-36)20-37)12-13-27(29)31(34-35)28-14-15-30(38-21-23-8-4-2-5-9-23)33-32(28)39-22-24-10-6-3-7-11-24/h2-15,18,25,37H,16-17,19-22H2,1H3/t25-/m1/s1. The zero-order chi connectivity index (χ0) is 26.6. The first-order valence-corrected chi connectivity index (χ1v) is 13.4. The van der Waals surface area contributed by atoms with Gasteiger partial charge in [0.25, 0.3) is 0 Å². The molecule has 1 aliphatic rings. The molecule has 2 aromatic heterocycles. The number of benzene rings is 3. The van der Waals surface area contributed by atoms with Gasteiger partial charge in [0, 0.05) is 49.8 Å². The molecule has 1 aliphatic heterocycles. The van der Waals surface area contributed by atoms with Crippen LogP contribution < -0.4 is 14.4 Å². The van der Waals surface area contributed by atoms with Gasteiger partial charge < -0.3 is 19.5 Å². The molecule has 3 heterocycles. The normalized spacial score (nSPS) is 15.1. The second kappa shape index (κ2) is 11.2. The summed E-state index contributed by atoms with van der Waals surface area (Å²) in [6.07, 6.45) is 1.01. The molecule has 1 N–H and O–H groups in total. The highest BCUT2D eigenvalue weighted by Crippen LogP contribution is 2.37. The summed E-state index contributed by atoms with van der Waals surface area (Å²) >= 11 is 0. The maximum atomic E-state index is 9.56. The van der Waals surface area contributed by atoms with Gasteiger partial charge >= 0.3 is 0 Å². The smallest absolute Gasteiger partial charge is 0.226 e. The molecule has 0 aliphatic carbocycles. The number of aliphatic hydroxyl groups is 1. The van der Waals surface area contributed by atoms with Gasteiger partial charge in [-0.2, -0.15) is 10.1 Å². The lowest BCUT2D eigenvalue weighted by molar-refractivity contribution is 0.238. The van der Waals surface area contributed by atoms with E-state index in [9.17, 15) is 5.11 Å². The molecule has 198 valence electrons. The Bertz CT molecular complexity index is 1550. The number of hydrogen-bond acceptors (Lipinski definition) is 6. The number of fused-ring (bicyclic) bond motifs is 1. The SMILES string of the molecule is Cn1nc(-c2ccc(OCc3ccccc3)nc2OCc2ccccc2)c2ccc(N3CC[C@@H](CO)C3)cc21. The number of pyridine rings is 1. The Labute approximate surface area is 228 Å². The number of aromatic nitrogens is 3. The summed E-state index contributed by atoms with van der Waals surface area (Å²) in [5.74, 6) is 1.32. The molecule has 0 unspecified atom stereocenters. The first-order chi connectivity index (χ1) is 19.2. The van der Waals surface area contributed by atoms with Crippen LogP contribution in [0.3, 0.4) is 0 Å². The summed E-state index contributed by atoms with van der Waals surface area (Å²) in [5, 5.41) is 15.5. The van der Waals surface area contributed by atoms with Crippen molar-refractivity contribution in [3.63, 3.8) is 0 Å².